The van der Waals surface area contributed by atoms with Gasteiger partial charge in [-0.25, -0.2) is 0 Å². The molecule has 0 spiro atoms. The molecule has 0 radical (unpaired) electrons. The molecule has 1 aliphatic heterocycles. The number of piperazine rings is 1. The van der Waals surface area contributed by atoms with Crippen LogP contribution in [0.25, 0.3) is 0 Å². The van der Waals surface area contributed by atoms with Crippen molar-refractivity contribution in [3.05, 3.63) is 12.2 Å². The highest BCUT2D eigenvalue weighted by Gasteiger charge is 2.26. The van der Waals surface area contributed by atoms with Crippen LogP contribution in [0.2, 0.25) is 0 Å². The fourth-order valence-corrected chi connectivity index (χ4v) is 3.39. The number of aliphatic imine (C=N–C) groups is 1. The lowest BCUT2D eigenvalue weighted by Crippen LogP contribution is -2.54. The summed E-state index contributed by atoms with van der Waals surface area (Å²) in [4.78, 5) is 21.4. The molecule has 0 bridgehead atoms. The molecular formula is C20H36N8O. The average molecular weight is 405 g/mol. The molecule has 0 atom stereocenters. The van der Waals surface area contributed by atoms with Crippen LogP contribution < -0.4 is 10.6 Å². The van der Waals surface area contributed by atoms with E-state index in [1.54, 1.807) is 6.33 Å². The summed E-state index contributed by atoms with van der Waals surface area (Å²) < 4.78 is 2.09. The first kappa shape index (κ1) is 21.5. The molecule has 2 heterocycles. The summed E-state index contributed by atoms with van der Waals surface area (Å²) in [7, 11) is 0. The minimum atomic E-state index is 0.161. The normalized spacial score (nSPS) is 18.3. The molecule has 29 heavy (non-hydrogen) atoms. The van der Waals surface area contributed by atoms with Crippen molar-refractivity contribution in [2.24, 2.45) is 10.9 Å². The van der Waals surface area contributed by atoms with E-state index in [-0.39, 0.29) is 5.91 Å². The van der Waals surface area contributed by atoms with E-state index in [0.29, 0.717) is 18.5 Å². The maximum Gasteiger partial charge on any atom is 0.234 e. The van der Waals surface area contributed by atoms with Crippen LogP contribution in [0.1, 0.15) is 39.4 Å². The van der Waals surface area contributed by atoms with Gasteiger partial charge in [-0.05, 0) is 18.8 Å². The third-order valence-corrected chi connectivity index (χ3v) is 5.24. The van der Waals surface area contributed by atoms with Gasteiger partial charge in [0.25, 0.3) is 0 Å². The largest absolute Gasteiger partial charge is 0.354 e. The fourth-order valence-electron chi connectivity index (χ4n) is 3.39. The molecule has 9 heteroatoms. The Morgan fingerprint density at radius 2 is 2.03 bits per heavy atom. The van der Waals surface area contributed by atoms with Crippen molar-refractivity contribution in [3.8, 4) is 0 Å². The molecular weight excluding hydrogens is 368 g/mol. The number of rotatable bonds is 9. The van der Waals surface area contributed by atoms with E-state index in [0.717, 1.165) is 76.9 Å². The molecule has 1 aromatic rings. The van der Waals surface area contributed by atoms with Gasteiger partial charge in [-0.3, -0.25) is 14.7 Å². The third-order valence-electron chi connectivity index (χ3n) is 5.24. The van der Waals surface area contributed by atoms with Crippen molar-refractivity contribution in [1.82, 2.24) is 35.2 Å². The van der Waals surface area contributed by atoms with E-state index in [4.69, 9.17) is 4.99 Å². The van der Waals surface area contributed by atoms with E-state index in [2.05, 4.69) is 56.0 Å². The number of amides is 1. The molecule has 2 aliphatic rings. The number of nitrogens with zero attached hydrogens (tertiary/aromatic N) is 6. The molecule has 2 fully saturated rings. The van der Waals surface area contributed by atoms with Gasteiger partial charge in [0.15, 0.2) is 5.96 Å². The molecule has 1 saturated carbocycles. The maximum absolute atomic E-state index is 12.0. The molecule has 9 nitrogen and oxygen atoms in total. The predicted octanol–water partition coefficient (Wildman–Crippen LogP) is 0.338. The topological polar surface area (TPSA) is 90.7 Å². The Balaban J connectivity index is 1.47. The fraction of sp³-hybridized carbons (Fsp3) is 0.800. The van der Waals surface area contributed by atoms with Crippen molar-refractivity contribution in [2.75, 3.05) is 45.8 Å². The van der Waals surface area contributed by atoms with Gasteiger partial charge < -0.3 is 20.1 Å². The Morgan fingerprint density at radius 3 is 2.69 bits per heavy atom. The van der Waals surface area contributed by atoms with Crippen LogP contribution in [-0.4, -0.2) is 88.3 Å². The predicted molar refractivity (Wildman–Crippen MR) is 114 cm³/mol. The van der Waals surface area contributed by atoms with E-state index < -0.39 is 0 Å². The van der Waals surface area contributed by atoms with Crippen LogP contribution in [0.15, 0.2) is 11.3 Å². The lowest BCUT2D eigenvalue weighted by molar-refractivity contribution is -0.122. The van der Waals surface area contributed by atoms with Crippen LogP contribution in [0, 0.1) is 5.92 Å². The first-order valence-electron chi connectivity index (χ1n) is 11.0. The molecule has 1 aliphatic carbocycles. The molecule has 1 saturated heterocycles. The quantitative estimate of drug-likeness (QED) is 0.456. The monoisotopic (exact) mass is 404 g/mol. The number of carbonyl (C=O) groups excluding carboxylic acids is 1. The zero-order chi connectivity index (χ0) is 20.6. The number of nitrogens with one attached hydrogen (secondary N) is 2. The molecule has 0 aromatic carbocycles. The van der Waals surface area contributed by atoms with Gasteiger partial charge in [0, 0.05) is 58.3 Å². The van der Waals surface area contributed by atoms with Crippen molar-refractivity contribution in [3.63, 3.8) is 0 Å². The van der Waals surface area contributed by atoms with E-state index >= 15 is 0 Å². The Morgan fingerprint density at radius 1 is 1.28 bits per heavy atom. The summed E-state index contributed by atoms with van der Waals surface area (Å²) in [5, 5.41) is 14.7. The van der Waals surface area contributed by atoms with Crippen molar-refractivity contribution >= 4 is 11.9 Å². The van der Waals surface area contributed by atoms with Crippen LogP contribution in [0.3, 0.4) is 0 Å². The second kappa shape index (κ2) is 10.6. The van der Waals surface area contributed by atoms with Gasteiger partial charge in [-0.2, -0.15) is 0 Å². The van der Waals surface area contributed by atoms with E-state index in [9.17, 15) is 4.79 Å². The van der Waals surface area contributed by atoms with Crippen molar-refractivity contribution in [2.45, 2.75) is 52.6 Å². The maximum atomic E-state index is 12.0. The number of hydrogen-bond donors (Lipinski definition) is 2. The van der Waals surface area contributed by atoms with Crippen LogP contribution in [0.5, 0.6) is 0 Å². The standard InChI is InChI=1S/C20H36N8O/c1-4-18-25-23-15-28(18)8-7-21-20(22-13-16(2)3)27-11-9-26(10-12-27)14-19(29)24-17-5-6-17/h15-17H,4-14H2,1-3H3,(H,21,22)(H,24,29). The lowest BCUT2D eigenvalue weighted by atomic mass is 10.2. The van der Waals surface area contributed by atoms with Crippen LogP contribution in [0.4, 0.5) is 0 Å². The summed E-state index contributed by atoms with van der Waals surface area (Å²) in [6.07, 6.45) is 4.94. The second-order valence-electron chi connectivity index (χ2n) is 8.38. The van der Waals surface area contributed by atoms with Gasteiger partial charge in [-0.15, -0.1) is 10.2 Å². The number of aromatic nitrogens is 3. The third kappa shape index (κ3) is 6.99. The Bertz CT molecular complexity index is 674. The van der Waals surface area contributed by atoms with E-state index in [1.165, 1.54) is 0 Å². The van der Waals surface area contributed by atoms with Gasteiger partial charge in [0.2, 0.25) is 5.91 Å². The highest BCUT2D eigenvalue weighted by Crippen LogP contribution is 2.18. The number of carbonyl (C=O) groups is 1. The SMILES string of the molecule is CCc1nncn1CCNC(=NCC(C)C)N1CCN(CC(=O)NC2CC2)CC1. The molecule has 3 rings (SSSR count). The zero-order valence-corrected chi connectivity index (χ0v) is 18.1. The van der Waals surface area contributed by atoms with Crippen molar-refractivity contribution in [1.29, 1.82) is 0 Å². The molecule has 0 unspecified atom stereocenters. The molecule has 1 aromatic heterocycles. The van der Waals surface area contributed by atoms with Gasteiger partial charge in [-0.1, -0.05) is 20.8 Å². The first-order valence-corrected chi connectivity index (χ1v) is 11.0. The van der Waals surface area contributed by atoms with Gasteiger partial charge >= 0.3 is 0 Å². The Hall–Kier alpha value is -2.16. The van der Waals surface area contributed by atoms with Gasteiger partial charge in [0.1, 0.15) is 12.2 Å². The lowest BCUT2D eigenvalue weighted by Gasteiger charge is -2.36. The number of aryl methyl sites for hydroxylation is 1. The number of guanidine groups is 1. The zero-order valence-electron chi connectivity index (χ0n) is 18.1. The minimum Gasteiger partial charge on any atom is -0.354 e. The smallest absolute Gasteiger partial charge is 0.234 e. The summed E-state index contributed by atoms with van der Waals surface area (Å²) in [6.45, 7) is 12.9. The van der Waals surface area contributed by atoms with Crippen molar-refractivity contribution < 1.29 is 4.79 Å². The second-order valence-corrected chi connectivity index (χ2v) is 8.38. The first-order chi connectivity index (χ1) is 14.0. The average Bonchev–Trinajstić information content (AvgIpc) is 3.39. The van der Waals surface area contributed by atoms with Crippen LogP contribution in [-0.2, 0) is 17.8 Å². The highest BCUT2D eigenvalue weighted by molar-refractivity contribution is 5.80. The minimum absolute atomic E-state index is 0.161. The summed E-state index contributed by atoms with van der Waals surface area (Å²) >= 11 is 0. The summed E-state index contributed by atoms with van der Waals surface area (Å²) in [6, 6.07) is 0.432. The summed E-state index contributed by atoms with van der Waals surface area (Å²) in [5.74, 6) is 2.65. The molecule has 162 valence electrons. The van der Waals surface area contributed by atoms with Crippen LogP contribution >= 0.6 is 0 Å². The highest BCUT2D eigenvalue weighted by atomic mass is 16.2. The Kier molecular flexibility index (Phi) is 7.85. The van der Waals surface area contributed by atoms with E-state index in [1.807, 2.05) is 0 Å². The molecule has 2 N–H and O–H groups in total. The van der Waals surface area contributed by atoms with Gasteiger partial charge in [0.05, 0.1) is 6.54 Å². The molecule has 1 amide bonds. The summed E-state index contributed by atoms with van der Waals surface area (Å²) in [5.41, 5.74) is 0. The number of hydrogen-bond acceptors (Lipinski definition) is 5. The Labute approximate surface area is 173 Å².